The molecule has 5 heteroatoms. The van der Waals surface area contributed by atoms with E-state index in [9.17, 15) is 4.79 Å². The van der Waals surface area contributed by atoms with Gasteiger partial charge in [-0.1, -0.05) is 0 Å². The van der Waals surface area contributed by atoms with Gasteiger partial charge in [-0.3, -0.25) is 9.69 Å². The van der Waals surface area contributed by atoms with Gasteiger partial charge in [0.15, 0.2) is 0 Å². The van der Waals surface area contributed by atoms with E-state index in [1.165, 1.54) is 0 Å². The van der Waals surface area contributed by atoms with Gasteiger partial charge in [0.2, 0.25) is 5.91 Å². The van der Waals surface area contributed by atoms with E-state index in [-0.39, 0.29) is 5.91 Å². The summed E-state index contributed by atoms with van der Waals surface area (Å²) in [4.78, 5) is 16.6. The number of hydrogen-bond donors (Lipinski definition) is 1. The average Bonchev–Trinajstić information content (AvgIpc) is 2.45. The summed E-state index contributed by atoms with van der Waals surface area (Å²) < 4.78 is 5.82. The number of carbonyl (C=O) groups is 1. The van der Waals surface area contributed by atoms with Gasteiger partial charge in [0.25, 0.3) is 0 Å². The largest absolute Gasteiger partial charge is 0.378 e. The Morgan fingerprint density at radius 1 is 1.20 bits per heavy atom. The summed E-state index contributed by atoms with van der Waals surface area (Å²) >= 11 is 0. The summed E-state index contributed by atoms with van der Waals surface area (Å²) in [5, 5.41) is 3.32. The van der Waals surface area contributed by atoms with Crippen molar-refractivity contribution >= 4 is 5.91 Å². The summed E-state index contributed by atoms with van der Waals surface area (Å²) in [6.45, 7) is 8.68. The van der Waals surface area contributed by atoms with E-state index >= 15 is 0 Å². The van der Waals surface area contributed by atoms with E-state index in [0.717, 1.165) is 39.0 Å². The fourth-order valence-electron chi connectivity index (χ4n) is 3.04. The molecule has 1 amide bonds. The molecule has 2 aliphatic rings. The number of amides is 1. The molecule has 0 aromatic rings. The molecule has 0 aliphatic carbocycles. The third-order valence-corrected chi connectivity index (χ3v) is 4.67. The lowest BCUT2D eigenvalue weighted by Crippen LogP contribution is -2.56. The molecule has 5 nitrogen and oxygen atoms in total. The Balaban J connectivity index is 1.69. The van der Waals surface area contributed by atoms with E-state index in [4.69, 9.17) is 4.74 Å². The summed E-state index contributed by atoms with van der Waals surface area (Å²) in [7, 11) is 2.14. The van der Waals surface area contributed by atoms with Crippen molar-refractivity contribution in [2.24, 2.45) is 0 Å². The molecule has 2 aliphatic heterocycles. The Labute approximate surface area is 122 Å². The molecule has 2 rings (SSSR count). The molecule has 0 aromatic heterocycles. The highest BCUT2D eigenvalue weighted by atomic mass is 16.5. The van der Waals surface area contributed by atoms with Gasteiger partial charge in [0, 0.05) is 25.2 Å². The number of nitrogens with one attached hydrogen (secondary N) is 1. The topological polar surface area (TPSA) is 44.8 Å². The Hall–Kier alpha value is -0.650. The summed E-state index contributed by atoms with van der Waals surface area (Å²) in [6, 6.07) is 0.876. The molecule has 0 spiro atoms. The van der Waals surface area contributed by atoms with Crippen LogP contribution in [0.2, 0.25) is 0 Å². The van der Waals surface area contributed by atoms with Gasteiger partial charge in [-0.05, 0) is 46.8 Å². The molecule has 2 unspecified atom stereocenters. The van der Waals surface area contributed by atoms with Crippen LogP contribution in [0.4, 0.5) is 0 Å². The van der Waals surface area contributed by atoms with Crippen LogP contribution in [0.25, 0.3) is 0 Å². The van der Waals surface area contributed by atoms with Crippen molar-refractivity contribution < 1.29 is 9.53 Å². The number of likely N-dealkylation sites (N-methyl/N-ethyl adjacent to an activating group) is 1. The predicted molar refractivity (Wildman–Crippen MR) is 79.7 cm³/mol. The summed E-state index contributed by atoms with van der Waals surface area (Å²) in [6.07, 6.45) is 3.00. The molecule has 1 N–H and O–H groups in total. The zero-order valence-corrected chi connectivity index (χ0v) is 13.1. The molecule has 0 saturated carbocycles. The Bertz CT molecular complexity index is 306. The molecule has 20 heavy (non-hydrogen) atoms. The molecule has 2 saturated heterocycles. The number of carbonyl (C=O) groups excluding carboxylic acids is 1. The number of piperazine rings is 1. The monoisotopic (exact) mass is 283 g/mol. The van der Waals surface area contributed by atoms with Crippen LogP contribution in [0.15, 0.2) is 0 Å². The van der Waals surface area contributed by atoms with Crippen LogP contribution < -0.4 is 5.32 Å². The van der Waals surface area contributed by atoms with Gasteiger partial charge < -0.3 is 15.0 Å². The van der Waals surface area contributed by atoms with E-state index in [0.29, 0.717) is 31.2 Å². The second-order valence-electron chi connectivity index (χ2n) is 6.23. The number of rotatable bonds is 4. The van der Waals surface area contributed by atoms with Crippen molar-refractivity contribution in [1.29, 1.82) is 0 Å². The molecule has 0 radical (unpaired) electrons. The maximum Gasteiger partial charge on any atom is 0.224 e. The van der Waals surface area contributed by atoms with Gasteiger partial charge in [-0.25, -0.2) is 0 Å². The van der Waals surface area contributed by atoms with Crippen LogP contribution in [-0.4, -0.2) is 73.7 Å². The van der Waals surface area contributed by atoms with E-state index in [1.807, 2.05) is 4.90 Å². The average molecular weight is 283 g/mol. The van der Waals surface area contributed by atoms with Crippen molar-refractivity contribution in [3.05, 3.63) is 0 Å². The highest BCUT2D eigenvalue weighted by molar-refractivity contribution is 5.76. The SMILES string of the molecule is CC1CN(C(=O)CCOC2CCNCC2)CC(C)N1C. The van der Waals surface area contributed by atoms with Crippen LogP contribution in [0.1, 0.15) is 33.1 Å². The second-order valence-corrected chi connectivity index (χ2v) is 6.23. The van der Waals surface area contributed by atoms with Gasteiger partial charge in [0.05, 0.1) is 19.1 Å². The first kappa shape index (κ1) is 15.7. The first-order valence-electron chi connectivity index (χ1n) is 7.90. The highest BCUT2D eigenvalue weighted by Gasteiger charge is 2.29. The van der Waals surface area contributed by atoms with Crippen LogP contribution in [-0.2, 0) is 9.53 Å². The minimum absolute atomic E-state index is 0.241. The Kier molecular flexibility index (Phi) is 5.81. The molecular weight excluding hydrogens is 254 g/mol. The predicted octanol–water partition coefficient (Wildman–Crippen LogP) is 0.696. The zero-order chi connectivity index (χ0) is 14.5. The molecule has 2 fully saturated rings. The van der Waals surface area contributed by atoms with Crippen molar-refractivity contribution in [2.45, 2.75) is 51.3 Å². The molecule has 0 bridgehead atoms. The quantitative estimate of drug-likeness (QED) is 0.825. The summed E-state index contributed by atoms with van der Waals surface area (Å²) in [5.41, 5.74) is 0. The van der Waals surface area contributed by atoms with Gasteiger partial charge >= 0.3 is 0 Å². The number of piperidine rings is 1. The lowest BCUT2D eigenvalue weighted by molar-refractivity contribution is -0.136. The number of ether oxygens (including phenoxy) is 1. The summed E-state index contributed by atoms with van der Waals surface area (Å²) in [5.74, 6) is 0.241. The molecule has 2 atom stereocenters. The Morgan fingerprint density at radius 3 is 2.40 bits per heavy atom. The van der Waals surface area contributed by atoms with E-state index < -0.39 is 0 Å². The fourth-order valence-corrected chi connectivity index (χ4v) is 3.04. The third-order valence-electron chi connectivity index (χ3n) is 4.67. The van der Waals surface area contributed by atoms with Crippen molar-refractivity contribution in [2.75, 3.05) is 39.8 Å². The molecule has 2 heterocycles. The van der Waals surface area contributed by atoms with Crippen LogP contribution >= 0.6 is 0 Å². The lowest BCUT2D eigenvalue weighted by Gasteiger charge is -2.42. The smallest absolute Gasteiger partial charge is 0.224 e. The normalized spacial score (nSPS) is 29.6. The van der Waals surface area contributed by atoms with Gasteiger partial charge in [-0.2, -0.15) is 0 Å². The number of nitrogens with zero attached hydrogens (tertiary/aromatic N) is 2. The van der Waals surface area contributed by atoms with Gasteiger partial charge in [0.1, 0.15) is 0 Å². The van der Waals surface area contributed by atoms with E-state index in [1.54, 1.807) is 0 Å². The third kappa shape index (κ3) is 4.17. The highest BCUT2D eigenvalue weighted by Crippen LogP contribution is 2.14. The van der Waals surface area contributed by atoms with Crippen molar-refractivity contribution in [3.63, 3.8) is 0 Å². The zero-order valence-electron chi connectivity index (χ0n) is 13.1. The van der Waals surface area contributed by atoms with Crippen LogP contribution in [0.3, 0.4) is 0 Å². The minimum Gasteiger partial charge on any atom is -0.378 e. The van der Waals surface area contributed by atoms with Gasteiger partial charge in [-0.15, -0.1) is 0 Å². The first-order chi connectivity index (χ1) is 9.58. The minimum atomic E-state index is 0.241. The van der Waals surface area contributed by atoms with Crippen molar-refractivity contribution in [3.8, 4) is 0 Å². The lowest BCUT2D eigenvalue weighted by atomic mass is 10.1. The maximum absolute atomic E-state index is 12.3. The maximum atomic E-state index is 12.3. The van der Waals surface area contributed by atoms with Crippen molar-refractivity contribution in [1.82, 2.24) is 15.1 Å². The molecule has 116 valence electrons. The Morgan fingerprint density at radius 2 is 1.80 bits per heavy atom. The van der Waals surface area contributed by atoms with Crippen LogP contribution in [0.5, 0.6) is 0 Å². The fraction of sp³-hybridized carbons (Fsp3) is 0.933. The first-order valence-corrected chi connectivity index (χ1v) is 7.90. The van der Waals surface area contributed by atoms with E-state index in [2.05, 4.69) is 31.1 Å². The second kappa shape index (κ2) is 7.38. The molecule has 0 aromatic carbocycles. The molecular formula is C15H29N3O2. The number of hydrogen-bond acceptors (Lipinski definition) is 4. The van der Waals surface area contributed by atoms with Crippen LogP contribution in [0, 0.1) is 0 Å². The standard InChI is InChI=1S/C15H29N3O2/c1-12-10-18(11-13(2)17(12)3)15(19)6-9-20-14-4-7-16-8-5-14/h12-14,16H,4-11H2,1-3H3.